The number of nitrogens with one attached hydrogen (secondary N) is 1. The number of fused-ring (bicyclic) bond motifs is 1. The van der Waals surface area contributed by atoms with E-state index in [4.69, 9.17) is 4.74 Å². The van der Waals surface area contributed by atoms with Gasteiger partial charge in [0.1, 0.15) is 23.5 Å². The van der Waals surface area contributed by atoms with Gasteiger partial charge in [-0.2, -0.15) is 18.2 Å². The van der Waals surface area contributed by atoms with Crippen molar-refractivity contribution >= 4 is 11.0 Å². The molecule has 8 nitrogen and oxygen atoms in total. The molecule has 3 heterocycles. The van der Waals surface area contributed by atoms with E-state index in [2.05, 4.69) is 4.98 Å². The number of pyridine rings is 1. The Balaban J connectivity index is 2.17. The lowest BCUT2D eigenvalue weighted by atomic mass is 10.1. The van der Waals surface area contributed by atoms with Gasteiger partial charge in [0, 0.05) is 12.3 Å². The fourth-order valence-electron chi connectivity index (χ4n) is 2.51. The van der Waals surface area contributed by atoms with E-state index in [1.54, 1.807) is 0 Å². The van der Waals surface area contributed by atoms with Crippen molar-refractivity contribution in [1.82, 2.24) is 14.5 Å². The summed E-state index contributed by atoms with van der Waals surface area (Å²) in [5.74, 6) is 0. The quantitative estimate of drug-likeness (QED) is 0.654. The third-order valence-electron chi connectivity index (χ3n) is 3.80. The molecule has 0 aliphatic carbocycles. The SMILES string of the molecule is C[C@H]1O[C@@H](n2cc3c(=O)cc(C(F)(F)F)[nH]c3nc2=O)[C@@H](O)C1O. The van der Waals surface area contributed by atoms with Crippen LogP contribution in [-0.4, -0.2) is 43.1 Å². The van der Waals surface area contributed by atoms with Crippen molar-refractivity contribution in [2.75, 3.05) is 0 Å². The number of rotatable bonds is 1. The first-order chi connectivity index (χ1) is 11.1. The molecule has 0 aromatic carbocycles. The second kappa shape index (κ2) is 5.40. The van der Waals surface area contributed by atoms with Crippen molar-refractivity contribution in [3.63, 3.8) is 0 Å². The minimum absolute atomic E-state index is 0.285. The van der Waals surface area contributed by atoms with Gasteiger partial charge < -0.3 is 19.9 Å². The summed E-state index contributed by atoms with van der Waals surface area (Å²) in [7, 11) is 0. The van der Waals surface area contributed by atoms with E-state index < -0.39 is 53.2 Å². The Hall–Kier alpha value is -2.24. The Morgan fingerprint density at radius 2 is 1.96 bits per heavy atom. The number of hydrogen-bond acceptors (Lipinski definition) is 6. The fourth-order valence-corrected chi connectivity index (χ4v) is 2.51. The average Bonchev–Trinajstić information content (AvgIpc) is 2.73. The standard InChI is InChI=1S/C13H12F3N3O5/c1-4-8(21)9(22)11(24-4)19-3-5-6(20)2-7(13(14,15)16)17-10(5)18-12(19)23/h2-4,8-9,11,21-22H,1H3,(H,17,18,23)/t4-,8?,9+,11-/m1/s1. The Morgan fingerprint density at radius 3 is 2.50 bits per heavy atom. The molecule has 1 aliphatic heterocycles. The summed E-state index contributed by atoms with van der Waals surface area (Å²) >= 11 is 0. The van der Waals surface area contributed by atoms with E-state index in [9.17, 15) is 33.0 Å². The molecule has 1 saturated heterocycles. The first-order valence-corrected chi connectivity index (χ1v) is 6.84. The predicted octanol–water partition coefficient (Wildman–Crippen LogP) is -0.257. The normalized spacial score (nSPS) is 27.8. The van der Waals surface area contributed by atoms with Gasteiger partial charge in [0.15, 0.2) is 11.7 Å². The minimum atomic E-state index is -4.80. The molecule has 0 saturated carbocycles. The molecule has 0 amide bonds. The molecule has 1 aliphatic rings. The molecule has 1 fully saturated rings. The molecule has 2 aromatic rings. The first kappa shape index (κ1) is 16.6. The highest BCUT2D eigenvalue weighted by Crippen LogP contribution is 2.29. The maximum absolute atomic E-state index is 12.7. The number of ether oxygens (including phenoxy) is 1. The smallest absolute Gasteiger partial charge is 0.388 e. The van der Waals surface area contributed by atoms with Crippen LogP contribution in [0.2, 0.25) is 0 Å². The third-order valence-corrected chi connectivity index (χ3v) is 3.80. The summed E-state index contributed by atoms with van der Waals surface area (Å²) in [5, 5.41) is 19.3. The lowest BCUT2D eigenvalue weighted by Crippen LogP contribution is -2.35. The summed E-state index contributed by atoms with van der Waals surface area (Å²) in [6, 6.07) is 0.349. The Bertz CT molecular complexity index is 906. The lowest BCUT2D eigenvalue weighted by molar-refractivity contribution is -0.141. The number of alkyl halides is 3. The van der Waals surface area contributed by atoms with Gasteiger partial charge in [-0.25, -0.2) is 4.79 Å². The van der Waals surface area contributed by atoms with Gasteiger partial charge in [-0.15, -0.1) is 0 Å². The van der Waals surface area contributed by atoms with Gasteiger partial charge in [0.05, 0.1) is 11.5 Å². The lowest BCUT2D eigenvalue weighted by Gasteiger charge is -2.17. The van der Waals surface area contributed by atoms with Crippen LogP contribution < -0.4 is 11.1 Å². The molecule has 0 bridgehead atoms. The highest BCUT2D eigenvalue weighted by molar-refractivity contribution is 5.73. The molecule has 0 radical (unpaired) electrons. The van der Waals surface area contributed by atoms with Gasteiger partial charge in [-0.3, -0.25) is 9.36 Å². The Morgan fingerprint density at radius 1 is 1.29 bits per heavy atom. The zero-order valence-corrected chi connectivity index (χ0v) is 12.1. The first-order valence-electron chi connectivity index (χ1n) is 6.84. The van der Waals surface area contributed by atoms with Crippen molar-refractivity contribution in [2.45, 2.75) is 37.6 Å². The van der Waals surface area contributed by atoms with Gasteiger partial charge in [0.2, 0.25) is 0 Å². The third kappa shape index (κ3) is 2.60. The van der Waals surface area contributed by atoms with Crippen LogP contribution >= 0.6 is 0 Å². The molecule has 11 heteroatoms. The van der Waals surface area contributed by atoms with Crippen molar-refractivity contribution < 1.29 is 28.1 Å². The maximum atomic E-state index is 12.7. The number of aromatic amines is 1. The Labute approximate surface area is 131 Å². The summed E-state index contributed by atoms with van der Waals surface area (Å²) in [4.78, 5) is 29.2. The molecule has 24 heavy (non-hydrogen) atoms. The van der Waals surface area contributed by atoms with E-state index in [1.165, 1.54) is 6.92 Å². The highest BCUT2D eigenvalue weighted by atomic mass is 19.4. The van der Waals surface area contributed by atoms with Crippen LogP contribution in [0.15, 0.2) is 21.9 Å². The van der Waals surface area contributed by atoms with Crippen LogP contribution in [0.25, 0.3) is 11.0 Å². The zero-order valence-electron chi connectivity index (χ0n) is 12.1. The summed E-state index contributed by atoms with van der Waals surface area (Å²) in [6.45, 7) is 1.47. The van der Waals surface area contributed by atoms with Gasteiger partial charge in [-0.1, -0.05) is 0 Å². The van der Waals surface area contributed by atoms with Crippen LogP contribution in [0.4, 0.5) is 13.2 Å². The summed E-state index contributed by atoms with van der Waals surface area (Å²) in [6.07, 6.45) is -8.65. The monoisotopic (exact) mass is 347 g/mol. The van der Waals surface area contributed by atoms with Crippen LogP contribution in [0.3, 0.4) is 0 Å². The zero-order chi connectivity index (χ0) is 17.8. The summed E-state index contributed by atoms with van der Waals surface area (Å²) < 4.78 is 44.1. The predicted molar refractivity (Wildman–Crippen MR) is 73.2 cm³/mol. The molecular weight excluding hydrogens is 335 g/mol. The topological polar surface area (TPSA) is 117 Å². The number of hydrogen-bond donors (Lipinski definition) is 3. The van der Waals surface area contributed by atoms with E-state index in [-0.39, 0.29) is 5.39 Å². The molecule has 0 spiro atoms. The maximum Gasteiger partial charge on any atom is 0.431 e. The second-order valence-corrected chi connectivity index (χ2v) is 5.45. The van der Waals surface area contributed by atoms with E-state index >= 15 is 0 Å². The largest absolute Gasteiger partial charge is 0.431 e. The highest BCUT2D eigenvalue weighted by Gasteiger charge is 2.42. The van der Waals surface area contributed by atoms with Crippen LogP contribution in [0.5, 0.6) is 0 Å². The molecule has 1 unspecified atom stereocenters. The van der Waals surface area contributed by atoms with Crippen LogP contribution in [0, 0.1) is 0 Å². The van der Waals surface area contributed by atoms with Crippen molar-refractivity contribution in [2.24, 2.45) is 0 Å². The number of nitrogens with zero attached hydrogens (tertiary/aromatic N) is 2. The van der Waals surface area contributed by atoms with E-state index in [0.29, 0.717) is 6.07 Å². The molecule has 3 N–H and O–H groups in total. The second-order valence-electron chi connectivity index (χ2n) is 5.45. The van der Waals surface area contributed by atoms with E-state index in [0.717, 1.165) is 10.8 Å². The molecule has 2 aromatic heterocycles. The molecule has 130 valence electrons. The number of aliphatic hydroxyl groups is 2. The van der Waals surface area contributed by atoms with E-state index in [1.807, 2.05) is 4.98 Å². The van der Waals surface area contributed by atoms with Gasteiger partial charge in [0.25, 0.3) is 0 Å². The molecule has 4 atom stereocenters. The van der Waals surface area contributed by atoms with Crippen molar-refractivity contribution in [1.29, 1.82) is 0 Å². The molecule has 3 rings (SSSR count). The van der Waals surface area contributed by atoms with Gasteiger partial charge in [-0.05, 0) is 6.92 Å². The number of H-pyrrole nitrogens is 1. The fraction of sp³-hybridized carbons (Fsp3) is 0.462. The van der Waals surface area contributed by atoms with Crippen molar-refractivity contribution in [3.05, 3.63) is 38.7 Å². The number of halogens is 3. The summed E-state index contributed by atoms with van der Waals surface area (Å²) in [5.41, 5.74) is -3.90. The van der Waals surface area contributed by atoms with Crippen molar-refractivity contribution in [3.8, 4) is 0 Å². The average molecular weight is 347 g/mol. The number of aliphatic hydroxyl groups excluding tert-OH is 2. The molecular formula is C13H12F3N3O5. The Kier molecular flexibility index (Phi) is 3.73. The van der Waals surface area contributed by atoms with Gasteiger partial charge >= 0.3 is 11.9 Å². The number of aromatic nitrogens is 3. The van der Waals surface area contributed by atoms with Crippen LogP contribution in [0.1, 0.15) is 18.8 Å². The minimum Gasteiger partial charge on any atom is -0.388 e. The van der Waals surface area contributed by atoms with Crippen LogP contribution in [-0.2, 0) is 10.9 Å².